The number of likely N-dealkylation sites (tertiary alicyclic amines) is 1. The Kier molecular flexibility index (Phi) is 3.09. The van der Waals surface area contributed by atoms with E-state index >= 15 is 0 Å². The molecule has 3 heterocycles. The summed E-state index contributed by atoms with van der Waals surface area (Å²) in [5, 5.41) is 11.7. The molecule has 2 unspecified atom stereocenters. The molecule has 3 aliphatic rings. The highest BCUT2D eigenvalue weighted by Crippen LogP contribution is 2.38. The number of aliphatic carboxylic acids is 1. The SMILES string of the molecule is O=C(O)C1c2ccsc2CCN1C1CCN(C2CC2)C1. The lowest BCUT2D eigenvalue weighted by molar-refractivity contribution is -0.145. The molecule has 0 amide bonds. The lowest BCUT2D eigenvalue weighted by Gasteiger charge is -2.37. The van der Waals surface area contributed by atoms with Crippen LogP contribution in [0, 0.1) is 0 Å². The molecule has 5 heteroatoms. The average molecular weight is 292 g/mol. The molecule has 1 aromatic rings. The fourth-order valence-electron chi connectivity index (χ4n) is 3.81. The van der Waals surface area contributed by atoms with Crippen LogP contribution in [0.5, 0.6) is 0 Å². The Morgan fingerprint density at radius 1 is 1.25 bits per heavy atom. The van der Waals surface area contributed by atoms with Gasteiger partial charge in [-0.25, -0.2) is 0 Å². The van der Waals surface area contributed by atoms with Crippen molar-refractivity contribution in [2.24, 2.45) is 0 Å². The molecule has 1 saturated heterocycles. The molecule has 2 fully saturated rings. The van der Waals surface area contributed by atoms with E-state index in [-0.39, 0.29) is 0 Å². The van der Waals surface area contributed by atoms with Gasteiger partial charge in [-0.1, -0.05) is 0 Å². The van der Waals surface area contributed by atoms with Gasteiger partial charge < -0.3 is 5.11 Å². The first kappa shape index (κ1) is 12.8. The van der Waals surface area contributed by atoms with Crippen molar-refractivity contribution in [3.63, 3.8) is 0 Å². The van der Waals surface area contributed by atoms with Gasteiger partial charge in [0, 0.05) is 36.6 Å². The lowest BCUT2D eigenvalue weighted by atomic mass is 9.97. The maximum atomic E-state index is 11.8. The molecule has 20 heavy (non-hydrogen) atoms. The van der Waals surface area contributed by atoms with Gasteiger partial charge in [-0.15, -0.1) is 11.3 Å². The van der Waals surface area contributed by atoms with Crippen LogP contribution >= 0.6 is 11.3 Å². The zero-order valence-corrected chi connectivity index (χ0v) is 12.3. The summed E-state index contributed by atoms with van der Waals surface area (Å²) in [6.07, 6.45) is 4.81. The zero-order chi connectivity index (χ0) is 13.7. The van der Waals surface area contributed by atoms with Crippen LogP contribution in [0.25, 0.3) is 0 Å². The van der Waals surface area contributed by atoms with E-state index in [1.54, 1.807) is 11.3 Å². The first-order chi connectivity index (χ1) is 9.74. The Morgan fingerprint density at radius 3 is 2.85 bits per heavy atom. The number of carboxylic acids is 1. The standard InChI is InChI=1S/C15H20N2O2S/c18-15(19)14-12-5-8-20-13(12)4-7-17(14)11-3-6-16(9-11)10-1-2-10/h5,8,10-11,14H,1-4,6-7,9H2,(H,18,19). The summed E-state index contributed by atoms with van der Waals surface area (Å²) in [7, 11) is 0. The molecule has 4 rings (SSSR count). The minimum Gasteiger partial charge on any atom is -0.480 e. The van der Waals surface area contributed by atoms with Crippen molar-refractivity contribution in [3.05, 3.63) is 21.9 Å². The molecule has 1 saturated carbocycles. The number of nitrogens with zero attached hydrogens (tertiary/aromatic N) is 2. The smallest absolute Gasteiger partial charge is 0.325 e. The summed E-state index contributed by atoms with van der Waals surface area (Å²) in [5.41, 5.74) is 1.04. The Hall–Kier alpha value is -0.910. The normalized spacial score (nSPS) is 31.4. The van der Waals surface area contributed by atoms with Crippen molar-refractivity contribution >= 4 is 17.3 Å². The number of rotatable bonds is 3. The first-order valence-corrected chi connectivity index (χ1v) is 8.41. The summed E-state index contributed by atoms with van der Waals surface area (Å²) >= 11 is 1.71. The van der Waals surface area contributed by atoms with Gasteiger partial charge in [0.05, 0.1) is 0 Å². The van der Waals surface area contributed by atoms with Gasteiger partial charge in [0.25, 0.3) is 0 Å². The molecule has 2 atom stereocenters. The molecule has 0 radical (unpaired) electrons. The van der Waals surface area contributed by atoms with Gasteiger partial charge in [0.15, 0.2) is 0 Å². The van der Waals surface area contributed by atoms with E-state index in [9.17, 15) is 9.90 Å². The summed E-state index contributed by atoms with van der Waals surface area (Å²) in [4.78, 5) is 17.8. The number of hydrogen-bond acceptors (Lipinski definition) is 4. The number of carbonyl (C=O) groups is 1. The van der Waals surface area contributed by atoms with Crippen molar-refractivity contribution in [2.75, 3.05) is 19.6 Å². The molecule has 4 nitrogen and oxygen atoms in total. The molecular formula is C15H20N2O2S. The van der Waals surface area contributed by atoms with E-state index in [0.717, 1.165) is 44.1 Å². The van der Waals surface area contributed by atoms with Crippen molar-refractivity contribution in [1.82, 2.24) is 9.80 Å². The average Bonchev–Trinajstić information content (AvgIpc) is 3.00. The Bertz CT molecular complexity index is 526. The summed E-state index contributed by atoms with van der Waals surface area (Å²) in [6.45, 7) is 3.11. The van der Waals surface area contributed by atoms with Crippen LogP contribution in [0.15, 0.2) is 11.4 Å². The van der Waals surface area contributed by atoms with E-state index in [2.05, 4.69) is 9.80 Å². The number of hydrogen-bond donors (Lipinski definition) is 1. The molecule has 1 aromatic heterocycles. The zero-order valence-electron chi connectivity index (χ0n) is 11.5. The number of thiophene rings is 1. The minimum atomic E-state index is -0.686. The van der Waals surface area contributed by atoms with Gasteiger partial charge in [-0.05, 0) is 42.7 Å². The highest BCUT2D eigenvalue weighted by Gasteiger charge is 2.42. The van der Waals surface area contributed by atoms with Crippen molar-refractivity contribution in [3.8, 4) is 0 Å². The van der Waals surface area contributed by atoms with E-state index in [1.165, 1.54) is 17.7 Å². The molecule has 0 spiro atoms. The third kappa shape index (κ3) is 2.08. The van der Waals surface area contributed by atoms with Crippen molar-refractivity contribution in [2.45, 2.75) is 43.8 Å². The highest BCUT2D eigenvalue weighted by molar-refractivity contribution is 7.10. The van der Waals surface area contributed by atoms with E-state index in [1.807, 2.05) is 11.4 Å². The third-order valence-corrected chi connectivity index (χ3v) is 5.96. The molecule has 1 aliphatic carbocycles. The molecule has 2 aliphatic heterocycles. The van der Waals surface area contributed by atoms with Crippen LogP contribution in [-0.4, -0.2) is 52.6 Å². The maximum Gasteiger partial charge on any atom is 0.325 e. The summed E-state index contributed by atoms with van der Waals surface area (Å²) in [5.74, 6) is -0.686. The predicted molar refractivity (Wildman–Crippen MR) is 78.1 cm³/mol. The lowest BCUT2D eigenvalue weighted by Crippen LogP contribution is -2.46. The Balaban J connectivity index is 1.56. The number of fused-ring (bicyclic) bond motifs is 1. The van der Waals surface area contributed by atoms with E-state index in [4.69, 9.17) is 0 Å². The minimum absolute atomic E-state index is 0.421. The highest BCUT2D eigenvalue weighted by atomic mass is 32.1. The van der Waals surface area contributed by atoms with Gasteiger partial charge in [-0.2, -0.15) is 0 Å². The second kappa shape index (κ2) is 4.83. The van der Waals surface area contributed by atoms with Crippen LogP contribution in [0.3, 0.4) is 0 Å². The predicted octanol–water partition coefficient (Wildman–Crippen LogP) is 1.97. The van der Waals surface area contributed by atoms with Crippen LogP contribution < -0.4 is 0 Å². The Labute approximate surface area is 123 Å². The monoisotopic (exact) mass is 292 g/mol. The van der Waals surface area contributed by atoms with Crippen molar-refractivity contribution < 1.29 is 9.90 Å². The first-order valence-electron chi connectivity index (χ1n) is 7.53. The Morgan fingerprint density at radius 2 is 2.10 bits per heavy atom. The van der Waals surface area contributed by atoms with Crippen LogP contribution in [0.1, 0.15) is 35.7 Å². The van der Waals surface area contributed by atoms with Gasteiger partial charge in [0.2, 0.25) is 0 Å². The molecule has 0 aromatic carbocycles. The largest absolute Gasteiger partial charge is 0.480 e. The summed E-state index contributed by atoms with van der Waals surface area (Å²) < 4.78 is 0. The quantitative estimate of drug-likeness (QED) is 0.925. The van der Waals surface area contributed by atoms with Crippen LogP contribution in [-0.2, 0) is 11.2 Å². The van der Waals surface area contributed by atoms with E-state index in [0.29, 0.717) is 6.04 Å². The fourth-order valence-corrected chi connectivity index (χ4v) is 4.72. The van der Waals surface area contributed by atoms with Gasteiger partial charge in [-0.3, -0.25) is 14.6 Å². The molecule has 0 bridgehead atoms. The summed E-state index contributed by atoms with van der Waals surface area (Å²) in [6, 6.07) is 2.81. The third-order valence-electron chi connectivity index (χ3n) is 4.96. The maximum absolute atomic E-state index is 11.8. The topological polar surface area (TPSA) is 43.8 Å². The second-order valence-corrected chi connectivity index (χ2v) is 7.20. The van der Waals surface area contributed by atoms with Crippen molar-refractivity contribution in [1.29, 1.82) is 0 Å². The number of carboxylic acid groups (broad SMARTS) is 1. The fraction of sp³-hybridized carbons (Fsp3) is 0.667. The van der Waals surface area contributed by atoms with Gasteiger partial charge in [0.1, 0.15) is 6.04 Å². The molecule has 108 valence electrons. The van der Waals surface area contributed by atoms with Gasteiger partial charge >= 0.3 is 5.97 Å². The molecular weight excluding hydrogens is 272 g/mol. The van der Waals surface area contributed by atoms with Crippen LogP contribution in [0.4, 0.5) is 0 Å². The van der Waals surface area contributed by atoms with E-state index < -0.39 is 12.0 Å². The molecule has 1 N–H and O–H groups in total. The second-order valence-electron chi connectivity index (χ2n) is 6.20. The van der Waals surface area contributed by atoms with Crippen LogP contribution in [0.2, 0.25) is 0 Å².